The third-order valence-electron chi connectivity index (χ3n) is 4.56. The zero-order valence-corrected chi connectivity index (χ0v) is 15.8. The van der Waals surface area contributed by atoms with Crippen molar-refractivity contribution in [3.8, 4) is 0 Å². The summed E-state index contributed by atoms with van der Waals surface area (Å²) in [5.41, 5.74) is 1.91. The Balaban J connectivity index is 1.44. The Morgan fingerprint density at radius 3 is 2.52 bits per heavy atom. The number of aliphatic hydroxyl groups excluding tert-OH is 1. The molecule has 0 saturated carbocycles. The van der Waals surface area contributed by atoms with Crippen LogP contribution in [-0.4, -0.2) is 54.4 Å². The second kappa shape index (κ2) is 9.99. The molecule has 0 bridgehead atoms. The van der Waals surface area contributed by atoms with Crippen LogP contribution in [0.4, 0.5) is 9.18 Å². The van der Waals surface area contributed by atoms with Crippen LogP contribution in [0.25, 0.3) is 0 Å². The Morgan fingerprint density at radius 1 is 1.14 bits per heavy atom. The first kappa shape index (κ1) is 20.8. The molecule has 1 atom stereocenters. The Labute approximate surface area is 168 Å². The molecular formula is C21H23FN2O5. The monoisotopic (exact) mass is 402 g/mol. The highest BCUT2D eigenvalue weighted by molar-refractivity contribution is 5.94. The average molecular weight is 402 g/mol. The maximum atomic E-state index is 12.9. The molecule has 29 heavy (non-hydrogen) atoms. The van der Waals surface area contributed by atoms with E-state index < -0.39 is 6.09 Å². The van der Waals surface area contributed by atoms with Crippen LogP contribution in [-0.2, 0) is 22.7 Å². The van der Waals surface area contributed by atoms with E-state index in [2.05, 4.69) is 5.32 Å². The van der Waals surface area contributed by atoms with Crippen molar-refractivity contribution in [2.45, 2.75) is 19.3 Å². The van der Waals surface area contributed by atoms with E-state index in [0.29, 0.717) is 30.8 Å². The fourth-order valence-corrected chi connectivity index (χ4v) is 2.90. The summed E-state index contributed by atoms with van der Waals surface area (Å²) >= 11 is 0. The highest BCUT2D eigenvalue weighted by Crippen LogP contribution is 2.10. The molecule has 7 nitrogen and oxygen atoms in total. The van der Waals surface area contributed by atoms with Gasteiger partial charge in [-0.05, 0) is 35.4 Å². The zero-order valence-electron chi connectivity index (χ0n) is 15.8. The first-order chi connectivity index (χ1) is 14.0. The van der Waals surface area contributed by atoms with Crippen molar-refractivity contribution in [2.24, 2.45) is 0 Å². The van der Waals surface area contributed by atoms with Gasteiger partial charge in [0.05, 0.1) is 25.9 Å². The van der Waals surface area contributed by atoms with Crippen molar-refractivity contribution in [3.63, 3.8) is 0 Å². The largest absolute Gasteiger partial charge is 0.445 e. The quantitative estimate of drug-likeness (QED) is 0.773. The zero-order chi connectivity index (χ0) is 20.6. The summed E-state index contributed by atoms with van der Waals surface area (Å²) in [4.78, 5) is 26.0. The molecule has 1 aliphatic rings. The van der Waals surface area contributed by atoms with E-state index in [1.807, 2.05) is 0 Å². The van der Waals surface area contributed by atoms with Crippen LogP contribution < -0.4 is 5.32 Å². The summed E-state index contributed by atoms with van der Waals surface area (Å²) < 4.78 is 23.8. The molecule has 2 aromatic carbocycles. The number of ether oxygens (including phenoxy) is 2. The van der Waals surface area contributed by atoms with Gasteiger partial charge in [-0.1, -0.05) is 24.3 Å². The van der Waals surface area contributed by atoms with Crippen LogP contribution in [0, 0.1) is 5.82 Å². The number of nitrogens with one attached hydrogen (secondary N) is 1. The normalized spacial score (nSPS) is 16.3. The highest BCUT2D eigenvalue weighted by atomic mass is 19.1. The van der Waals surface area contributed by atoms with E-state index in [9.17, 15) is 14.0 Å². The molecule has 2 amide bonds. The number of carbonyl (C=O) groups is 2. The van der Waals surface area contributed by atoms with Crippen LogP contribution in [0.2, 0.25) is 0 Å². The van der Waals surface area contributed by atoms with Gasteiger partial charge in [-0.3, -0.25) is 4.79 Å². The molecule has 0 radical (unpaired) electrons. The van der Waals surface area contributed by atoms with E-state index in [0.717, 1.165) is 5.56 Å². The lowest BCUT2D eigenvalue weighted by Crippen LogP contribution is -2.49. The van der Waals surface area contributed by atoms with Gasteiger partial charge in [0.1, 0.15) is 12.4 Å². The van der Waals surface area contributed by atoms with Gasteiger partial charge >= 0.3 is 6.09 Å². The number of carbonyl (C=O) groups excluding carboxylic acids is 2. The Kier molecular flexibility index (Phi) is 7.15. The summed E-state index contributed by atoms with van der Waals surface area (Å²) in [6, 6.07) is 12.4. The van der Waals surface area contributed by atoms with E-state index >= 15 is 0 Å². The summed E-state index contributed by atoms with van der Waals surface area (Å²) in [7, 11) is 0. The third-order valence-corrected chi connectivity index (χ3v) is 4.56. The molecule has 1 fully saturated rings. The van der Waals surface area contributed by atoms with E-state index in [1.165, 1.54) is 17.0 Å². The number of hydrogen-bond donors (Lipinski definition) is 2. The second-order valence-electron chi connectivity index (χ2n) is 6.68. The van der Waals surface area contributed by atoms with Gasteiger partial charge in [-0.15, -0.1) is 0 Å². The molecule has 0 spiro atoms. The molecule has 154 valence electrons. The number of hydrogen-bond acceptors (Lipinski definition) is 5. The molecule has 8 heteroatoms. The van der Waals surface area contributed by atoms with Crippen LogP contribution in [0.15, 0.2) is 48.5 Å². The molecule has 0 aromatic heterocycles. The van der Waals surface area contributed by atoms with Crippen LogP contribution >= 0.6 is 0 Å². The lowest BCUT2D eigenvalue weighted by molar-refractivity contribution is -0.0263. The van der Waals surface area contributed by atoms with E-state index in [4.69, 9.17) is 14.6 Å². The van der Waals surface area contributed by atoms with Crippen LogP contribution in [0.1, 0.15) is 21.5 Å². The Morgan fingerprint density at radius 2 is 1.83 bits per heavy atom. The number of benzene rings is 2. The van der Waals surface area contributed by atoms with Gasteiger partial charge < -0.3 is 24.8 Å². The maximum absolute atomic E-state index is 12.9. The summed E-state index contributed by atoms with van der Waals surface area (Å²) in [6.07, 6.45) is -0.823. The topological polar surface area (TPSA) is 88.1 Å². The maximum Gasteiger partial charge on any atom is 0.410 e. The first-order valence-corrected chi connectivity index (χ1v) is 9.31. The minimum atomic E-state index is -0.478. The van der Waals surface area contributed by atoms with Crippen molar-refractivity contribution in [1.29, 1.82) is 0 Å². The van der Waals surface area contributed by atoms with Crippen molar-refractivity contribution >= 4 is 12.0 Å². The van der Waals surface area contributed by atoms with Gasteiger partial charge in [0.25, 0.3) is 5.91 Å². The number of amides is 2. The van der Waals surface area contributed by atoms with E-state index in [-0.39, 0.29) is 37.6 Å². The first-order valence-electron chi connectivity index (χ1n) is 9.31. The molecule has 2 N–H and O–H groups in total. The second-order valence-corrected chi connectivity index (χ2v) is 6.68. The molecule has 2 aromatic rings. The lowest BCUT2D eigenvalue weighted by atomic mass is 10.1. The number of morpholine rings is 1. The highest BCUT2D eigenvalue weighted by Gasteiger charge is 2.25. The molecular weight excluding hydrogens is 379 g/mol. The number of rotatable bonds is 6. The van der Waals surface area contributed by atoms with E-state index in [1.54, 1.807) is 36.4 Å². The number of nitrogens with zero attached hydrogens (tertiary/aromatic N) is 1. The molecule has 1 aliphatic heterocycles. The van der Waals surface area contributed by atoms with Crippen molar-refractivity contribution in [2.75, 3.05) is 26.2 Å². The number of aliphatic hydroxyl groups is 1. The minimum absolute atomic E-state index is 0.0573. The van der Waals surface area contributed by atoms with Gasteiger partial charge in [0, 0.05) is 18.7 Å². The van der Waals surface area contributed by atoms with Crippen LogP contribution in [0.5, 0.6) is 0 Å². The minimum Gasteiger partial charge on any atom is -0.445 e. The number of halogens is 1. The molecule has 3 rings (SSSR count). The summed E-state index contributed by atoms with van der Waals surface area (Å²) in [5, 5.41) is 11.8. The smallest absolute Gasteiger partial charge is 0.410 e. The molecule has 1 unspecified atom stereocenters. The van der Waals surface area contributed by atoms with Gasteiger partial charge in [-0.25, -0.2) is 9.18 Å². The predicted octanol–water partition coefficient (Wildman–Crippen LogP) is 2.09. The van der Waals surface area contributed by atoms with Crippen LogP contribution in [0.3, 0.4) is 0 Å². The fraction of sp³-hybridized carbons (Fsp3) is 0.333. The van der Waals surface area contributed by atoms with Crippen molar-refractivity contribution in [1.82, 2.24) is 10.2 Å². The standard InChI is InChI=1S/C21H23FN2O5/c22-18-7-3-16(4-8-18)14-29-21(27)24-9-10-28-19(12-24)11-23-20(26)17-5-1-15(13-25)2-6-17/h1-8,19,25H,9-14H2,(H,23,26). The SMILES string of the molecule is O=C(NCC1CN(C(=O)OCc2ccc(F)cc2)CCO1)c1ccc(CO)cc1. The summed E-state index contributed by atoms with van der Waals surface area (Å²) in [6.45, 7) is 1.27. The lowest BCUT2D eigenvalue weighted by Gasteiger charge is -2.32. The average Bonchev–Trinajstić information content (AvgIpc) is 2.77. The third kappa shape index (κ3) is 6.00. The molecule has 0 aliphatic carbocycles. The van der Waals surface area contributed by atoms with Gasteiger partial charge in [-0.2, -0.15) is 0 Å². The Hall–Kier alpha value is -2.97. The Bertz CT molecular complexity index is 826. The van der Waals surface area contributed by atoms with Crippen molar-refractivity contribution < 1.29 is 28.6 Å². The van der Waals surface area contributed by atoms with Gasteiger partial charge in [0.15, 0.2) is 0 Å². The predicted molar refractivity (Wildman–Crippen MR) is 103 cm³/mol. The summed E-state index contributed by atoms with van der Waals surface area (Å²) in [5.74, 6) is -0.600. The molecule has 1 saturated heterocycles. The fourth-order valence-electron chi connectivity index (χ4n) is 2.90. The molecule has 1 heterocycles. The van der Waals surface area contributed by atoms with Crippen molar-refractivity contribution in [3.05, 3.63) is 71.0 Å². The van der Waals surface area contributed by atoms with Gasteiger partial charge in [0.2, 0.25) is 0 Å².